The van der Waals surface area contributed by atoms with Crippen LogP contribution in [-0.2, 0) is 13.0 Å². The number of hydrogen-bond acceptors (Lipinski definition) is 4. The molecule has 1 heterocycles. The summed E-state index contributed by atoms with van der Waals surface area (Å²) in [6, 6.07) is 19.6. The number of nitrogens with zero attached hydrogens (tertiary/aromatic N) is 1. The summed E-state index contributed by atoms with van der Waals surface area (Å²) in [6.45, 7) is 0.445. The van der Waals surface area contributed by atoms with E-state index in [-0.39, 0.29) is 13.2 Å². The number of aryl methyl sites for hydroxylation is 1. The Hall–Kier alpha value is -2.02. The van der Waals surface area contributed by atoms with Gasteiger partial charge in [-0.15, -0.1) is 0 Å². The normalized spacial score (nSPS) is 14.0. The topological polar surface area (TPSA) is 55.5 Å². The highest BCUT2D eigenvalue weighted by molar-refractivity contribution is 9.10. The largest absolute Gasteiger partial charge is 0.489 e. The molecular weight excluding hydrogens is 621 g/mol. The van der Waals surface area contributed by atoms with E-state index in [4.69, 9.17) is 44.1 Å². The molecule has 0 spiro atoms. The van der Waals surface area contributed by atoms with Crippen molar-refractivity contribution in [3.05, 3.63) is 103 Å². The van der Waals surface area contributed by atoms with Gasteiger partial charge in [-0.25, -0.2) is 0 Å². The second-order valence-electron chi connectivity index (χ2n) is 9.94. The molecular formula is C31H29BrCl3NO3. The molecule has 0 bridgehead atoms. The molecule has 0 saturated heterocycles. The van der Waals surface area contributed by atoms with E-state index in [9.17, 15) is 5.11 Å². The fourth-order valence-corrected chi connectivity index (χ4v) is 6.22. The third-order valence-electron chi connectivity index (χ3n) is 7.17. The van der Waals surface area contributed by atoms with Crippen molar-refractivity contribution in [2.45, 2.75) is 57.0 Å². The van der Waals surface area contributed by atoms with Crippen LogP contribution in [0.4, 0.5) is 0 Å². The highest BCUT2D eigenvalue weighted by atomic mass is 79.9. The molecule has 39 heavy (non-hydrogen) atoms. The fraction of sp³-hybridized carbons (Fsp3) is 0.323. The van der Waals surface area contributed by atoms with Gasteiger partial charge < -0.3 is 14.4 Å². The molecule has 0 amide bonds. The minimum Gasteiger partial charge on any atom is -0.489 e. The Morgan fingerprint density at radius 3 is 2.44 bits per heavy atom. The summed E-state index contributed by atoms with van der Waals surface area (Å²) in [5.74, 6) is 2.17. The lowest BCUT2D eigenvalue weighted by atomic mass is 9.90. The summed E-state index contributed by atoms with van der Waals surface area (Å²) in [4.78, 5) is 0. The second kappa shape index (κ2) is 13.1. The maximum Gasteiger partial charge on any atom is 0.147 e. The van der Waals surface area contributed by atoms with E-state index in [2.05, 4.69) is 33.2 Å². The number of aliphatic hydroxyl groups excluding tert-OH is 1. The number of aliphatic hydroxyl groups is 1. The number of ether oxygens (including phenoxy) is 1. The molecule has 4 nitrogen and oxygen atoms in total. The standard InChI is InChI=1S/C31H29BrCl3NO3/c32-23-7-2-6-22(16-23)19(14-15-37)4-1-5-20-12-13-24(17-28(20)35)38-18-25-30(36-39-31(25)21-10-11-21)29-26(33)8-3-9-27(29)34/h2-3,6-9,12-13,16-17,19,21,37H,1,4-5,10-11,14-15,18H2. The smallest absolute Gasteiger partial charge is 0.147 e. The lowest BCUT2D eigenvalue weighted by molar-refractivity contribution is 0.272. The lowest BCUT2D eigenvalue weighted by Gasteiger charge is -2.17. The molecule has 1 N–H and O–H groups in total. The SMILES string of the molecule is OCCC(CCCc1ccc(OCc2c(-c3c(Cl)cccc3Cl)noc2C2CC2)cc1Cl)c1cccc(Br)c1. The van der Waals surface area contributed by atoms with Crippen molar-refractivity contribution in [2.75, 3.05) is 6.61 Å². The highest BCUT2D eigenvalue weighted by Crippen LogP contribution is 2.46. The van der Waals surface area contributed by atoms with Crippen LogP contribution in [0, 0.1) is 0 Å². The molecule has 5 rings (SSSR count). The van der Waals surface area contributed by atoms with Crippen LogP contribution in [0.2, 0.25) is 15.1 Å². The summed E-state index contributed by atoms with van der Waals surface area (Å²) < 4.78 is 13.0. The zero-order valence-corrected chi connectivity index (χ0v) is 25.2. The Balaban J connectivity index is 1.25. The summed E-state index contributed by atoms with van der Waals surface area (Å²) in [5, 5.41) is 15.6. The first-order chi connectivity index (χ1) is 18.9. The van der Waals surface area contributed by atoms with E-state index < -0.39 is 0 Å². The van der Waals surface area contributed by atoms with Crippen LogP contribution in [0.15, 0.2) is 69.7 Å². The van der Waals surface area contributed by atoms with E-state index in [1.807, 2.05) is 36.4 Å². The molecule has 1 aliphatic rings. The third-order valence-corrected chi connectivity index (χ3v) is 8.65. The van der Waals surface area contributed by atoms with Gasteiger partial charge in [0.15, 0.2) is 0 Å². The van der Waals surface area contributed by atoms with E-state index in [1.165, 1.54) is 5.56 Å². The van der Waals surface area contributed by atoms with Gasteiger partial charge in [-0.05, 0) is 92.0 Å². The molecule has 4 aromatic rings. The molecule has 1 unspecified atom stereocenters. The molecule has 1 atom stereocenters. The Morgan fingerprint density at radius 1 is 0.974 bits per heavy atom. The molecule has 204 valence electrons. The summed E-state index contributed by atoms with van der Waals surface area (Å²) >= 11 is 23.2. The number of hydrogen-bond donors (Lipinski definition) is 1. The van der Waals surface area contributed by atoms with Crippen LogP contribution >= 0.6 is 50.7 Å². The Bertz CT molecular complexity index is 1420. The van der Waals surface area contributed by atoms with Crippen molar-refractivity contribution in [1.29, 1.82) is 0 Å². The van der Waals surface area contributed by atoms with Crippen LogP contribution in [-0.4, -0.2) is 16.9 Å². The maximum atomic E-state index is 9.57. The average Bonchev–Trinajstić information content (AvgIpc) is 3.68. The van der Waals surface area contributed by atoms with Gasteiger partial charge in [0.05, 0.1) is 15.6 Å². The van der Waals surface area contributed by atoms with Gasteiger partial charge >= 0.3 is 0 Å². The van der Waals surface area contributed by atoms with E-state index >= 15 is 0 Å². The Labute approximate surface area is 252 Å². The summed E-state index contributed by atoms with van der Waals surface area (Å²) in [6.07, 6.45) is 5.66. The number of benzene rings is 3. The van der Waals surface area contributed by atoms with Gasteiger partial charge in [-0.3, -0.25) is 0 Å². The average molecular weight is 650 g/mol. The van der Waals surface area contributed by atoms with E-state index in [0.717, 1.165) is 59.9 Å². The van der Waals surface area contributed by atoms with Gasteiger partial charge in [0.1, 0.15) is 23.8 Å². The molecule has 1 aliphatic carbocycles. The first kappa shape index (κ1) is 28.5. The van der Waals surface area contributed by atoms with Gasteiger partial charge in [-0.1, -0.05) is 80.2 Å². The zero-order chi connectivity index (χ0) is 27.4. The monoisotopic (exact) mass is 647 g/mol. The second-order valence-corrected chi connectivity index (χ2v) is 12.1. The zero-order valence-electron chi connectivity index (χ0n) is 21.3. The molecule has 8 heteroatoms. The molecule has 1 fully saturated rings. The van der Waals surface area contributed by atoms with Crippen molar-refractivity contribution in [3.63, 3.8) is 0 Å². The number of halogens is 4. The van der Waals surface area contributed by atoms with Crippen LogP contribution in [0.25, 0.3) is 11.3 Å². The van der Waals surface area contributed by atoms with Crippen molar-refractivity contribution in [3.8, 4) is 17.0 Å². The summed E-state index contributed by atoms with van der Waals surface area (Å²) in [7, 11) is 0. The van der Waals surface area contributed by atoms with Crippen LogP contribution < -0.4 is 4.74 Å². The molecule has 0 aliphatic heterocycles. The van der Waals surface area contributed by atoms with Crippen LogP contribution in [0.1, 0.15) is 66.4 Å². The first-order valence-electron chi connectivity index (χ1n) is 13.1. The van der Waals surface area contributed by atoms with Gasteiger partial charge in [-0.2, -0.15) is 0 Å². The van der Waals surface area contributed by atoms with Gasteiger partial charge in [0, 0.05) is 27.6 Å². The maximum absolute atomic E-state index is 9.57. The van der Waals surface area contributed by atoms with E-state index in [1.54, 1.807) is 12.1 Å². The Morgan fingerprint density at radius 2 is 1.74 bits per heavy atom. The molecule has 0 radical (unpaired) electrons. The first-order valence-corrected chi connectivity index (χ1v) is 15.1. The Kier molecular flexibility index (Phi) is 9.57. The van der Waals surface area contributed by atoms with E-state index in [0.29, 0.717) is 43.9 Å². The van der Waals surface area contributed by atoms with Crippen molar-refractivity contribution >= 4 is 50.7 Å². The van der Waals surface area contributed by atoms with Crippen molar-refractivity contribution in [1.82, 2.24) is 5.16 Å². The summed E-state index contributed by atoms with van der Waals surface area (Å²) in [5.41, 5.74) is 4.47. The minimum absolute atomic E-state index is 0.170. The predicted octanol–water partition coefficient (Wildman–Crippen LogP) is 10.0. The van der Waals surface area contributed by atoms with Crippen LogP contribution in [0.3, 0.4) is 0 Å². The van der Waals surface area contributed by atoms with Gasteiger partial charge in [0.2, 0.25) is 0 Å². The minimum atomic E-state index is 0.170. The number of aromatic nitrogens is 1. The van der Waals surface area contributed by atoms with Crippen LogP contribution in [0.5, 0.6) is 5.75 Å². The highest BCUT2D eigenvalue weighted by Gasteiger charge is 2.33. The molecule has 1 saturated carbocycles. The predicted molar refractivity (Wildman–Crippen MR) is 161 cm³/mol. The fourth-order valence-electron chi connectivity index (χ4n) is 4.96. The molecule has 3 aromatic carbocycles. The third kappa shape index (κ3) is 7.01. The molecule has 1 aromatic heterocycles. The van der Waals surface area contributed by atoms with Crippen molar-refractivity contribution in [2.24, 2.45) is 0 Å². The number of rotatable bonds is 12. The van der Waals surface area contributed by atoms with Crippen molar-refractivity contribution < 1.29 is 14.4 Å². The van der Waals surface area contributed by atoms with Gasteiger partial charge in [0.25, 0.3) is 0 Å². The lowest BCUT2D eigenvalue weighted by Crippen LogP contribution is -2.03. The quantitative estimate of drug-likeness (QED) is 0.166.